The highest BCUT2D eigenvalue weighted by Gasteiger charge is 2.36. The molecule has 0 radical (unpaired) electrons. The molecule has 0 bridgehead atoms. The number of carbonyl (C=O) groups is 2. The topological polar surface area (TPSA) is 98.5 Å². The molecular weight excluding hydrogens is 330 g/mol. The number of benzene rings is 1. The van der Waals surface area contributed by atoms with Crippen LogP contribution in [-0.2, 0) is 14.8 Å². The monoisotopic (exact) mass is 347 g/mol. The lowest BCUT2D eigenvalue weighted by atomic mass is 9.98. The van der Waals surface area contributed by atoms with Crippen LogP contribution in [0, 0.1) is 17.2 Å². The molecule has 0 atom stereocenters. The summed E-state index contributed by atoms with van der Waals surface area (Å²) in [7, 11) is -3.64. The fourth-order valence-electron chi connectivity index (χ4n) is 3.03. The molecule has 126 valence electrons. The van der Waals surface area contributed by atoms with Crippen LogP contribution in [0.3, 0.4) is 0 Å². The zero-order valence-electron chi connectivity index (χ0n) is 13.0. The SMILES string of the molecule is N#CC1CCN(C(=O)c2cccc(N3C(=O)CCS3(=O)=O)c2)CC1. The Hall–Kier alpha value is -2.40. The summed E-state index contributed by atoms with van der Waals surface area (Å²) in [6.07, 6.45) is 1.24. The molecule has 0 aromatic heterocycles. The van der Waals surface area contributed by atoms with Crippen molar-refractivity contribution in [3.8, 4) is 6.07 Å². The van der Waals surface area contributed by atoms with Crippen molar-refractivity contribution < 1.29 is 18.0 Å². The van der Waals surface area contributed by atoms with E-state index in [9.17, 15) is 18.0 Å². The highest BCUT2D eigenvalue weighted by molar-refractivity contribution is 7.94. The summed E-state index contributed by atoms with van der Waals surface area (Å²) >= 11 is 0. The molecule has 3 rings (SSSR count). The van der Waals surface area contributed by atoms with E-state index < -0.39 is 15.9 Å². The first-order valence-corrected chi connectivity index (χ1v) is 9.38. The first-order chi connectivity index (χ1) is 11.4. The Labute approximate surface area is 140 Å². The number of nitriles is 1. The smallest absolute Gasteiger partial charge is 0.253 e. The second kappa shape index (κ2) is 6.24. The van der Waals surface area contributed by atoms with Crippen molar-refractivity contribution in [2.24, 2.45) is 5.92 Å². The summed E-state index contributed by atoms with van der Waals surface area (Å²) in [6, 6.07) is 8.35. The van der Waals surface area contributed by atoms with Crippen LogP contribution in [0.4, 0.5) is 5.69 Å². The second-order valence-electron chi connectivity index (χ2n) is 5.97. The number of hydrogen-bond donors (Lipinski definition) is 0. The Morgan fingerprint density at radius 2 is 1.96 bits per heavy atom. The van der Waals surface area contributed by atoms with Crippen molar-refractivity contribution in [3.63, 3.8) is 0 Å². The quantitative estimate of drug-likeness (QED) is 0.798. The number of amides is 2. The van der Waals surface area contributed by atoms with Crippen molar-refractivity contribution in [1.82, 2.24) is 4.90 Å². The molecule has 0 saturated carbocycles. The molecule has 2 saturated heterocycles. The van der Waals surface area contributed by atoms with Gasteiger partial charge in [0.2, 0.25) is 15.9 Å². The molecule has 1 aromatic carbocycles. The van der Waals surface area contributed by atoms with Crippen LogP contribution < -0.4 is 4.31 Å². The van der Waals surface area contributed by atoms with Crippen LogP contribution in [0.15, 0.2) is 24.3 Å². The summed E-state index contributed by atoms with van der Waals surface area (Å²) in [5.41, 5.74) is 0.549. The predicted octanol–water partition coefficient (Wildman–Crippen LogP) is 1.13. The Bertz CT molecular complexity index is 820. The van der Waals surface area contributed by atoms with E-state index in [0.29, 0.717) is 31.5 Å². The van der Waals surface area contributed by atoms with Gasteiger partial charge >= 0.3 is 0 Å². The van der Waals surface area contributed by atoms with Gasteiger partial charge in [-0.25, -0.2) is 12.7 Å². The zero-order valence-corrected chi connectivity index (χ0v) is 13.8. The van der Waals surface area contributed by atoms with Gasteiger partial charge in [0.1, 0.15) is 0 Å². The number of rotatable bonds is 2. The lowest BCUT2D eigenvalue weighted by Crippen LogP contribution is -2.38. The standard InChI is InChI=1S/C16H17N3O4S/c17-11-12-4-7-18(8-5-12)16(21)13-2-1-3-14(10-13)19-15(20)6-9-24(19,22)23/h1-3,10,12H,4-9H2. The largest absolute Gasteiger partial charge is 0.339 e. The summed E-state index contributed by atoms with van der Waals surface area (Å²) in [4.78, 5) is 26.1. The van der Waals surface area contributed by atoms with E-state index in [0.717, 1.165) is 4.31 Å². The maximum atomic E-state index is 12.6. The molecule has 2 fully saturated rings. The first-order valence-electron chi connectivity index (χ1n) is 7.77. The van der Waals surface area contributed by atoms with Gasteiger partial charge in [-0.15, -0.1) is 0 Å². The van der Waals surface area contributed by atoms with Crippen LogP contribution in [0.2, 0.25) is 0 Å². The van der Waals surface area contributed by atoms with Gasteiger partial charge in [0.05, 0.1) is 17.5 Å². The van der Waals surface area contributed by atoms with E-state index in [4.69, 9.17) is 5.26 Å². The van der Waals surface area contributed by atoms with Gasteiger partial charge in [0, 0.05) is 31.0 Å². The summed E-state index contributed by atoms with van der Waals surface area (Å²) in [6.45, 7) is 1.00. The Balaban J connectivity index is 1.82. The molecule has 0 spiro atoms. The van der Waals surface area contributed by atoms with E-state index in [-0.39, 0.29) is 29.7 Å². The third kappa shape index (κ3) is 2.99. The average molecular weight is 347 g/mol. The molecule has 8 heteroatoms. The minimum absolute atomic E-state index is 0.0206. The normalized spacial score (nSPS) is 20.9. The number of nitrogens with zero attached hydrogens (tertiary/aromatic N) is 3. The van der Waals surface area contributed by atoms with Crippen molar-refractivity contribution in [2.45, 2.75) is 19.3 Å². The maximum Gasteiger partial charge on any atom is 0.253 e. The lowest BCUT2D eigenvalue weighted by Gasteiger charge is -2.29. The van der Waals surface area contributed by atoms with Gasteiger partial charge in [-0.05, 0) is 31.0 Å². The molecule has 0 N–H and O–H groups in total. The molecule has 2 amide bonds. The summed E-state index contributed by atoms with van der Waals surface area (Å²) in [5, 5.41) is 8.92. The van der Waals surface area contributed by atoms with Gasteiger partial charge in [-0.3, -0.25) is 9.59 Å². The number of likely N-dealkylation sites (tertiary alicyclic amines) is 1. The summed E-state index contributed by atoms with van der Waals surface area (Å²) in [5.74, 6) is -0.912. The molecule has 0 aliphatic carbocycles. The Morgan fingerprint density at radius 1 is 1.25 bits per heavy atom. The van der Waals surface area contributed by atoms with Gasteiger partial charge in [0.15, 0.2) is 0 Å². The third-order valence-corrected chi connectivity index (χ3v) is 6.06. The van der Waals surface area contributed by atoms with Crippen LogP contribution in [-0.4, -0.2) is 44.0 Å². The number of hydrogen-bond acceptors (Lipinski definition) is 5. The Morgan fingerprint density at radius 3 is 2.54 bits per heavy atom. The molecule has 7 nitrogen and oxygen atoms in total. The maximum absolute atomic E-state index is 12.6. The molecule has 1 aromatic rings. The van der Waals surface area contributed by atoms with Crippen LogP contribution in [0.5, 0.6) is 0 Å². The van der Waals surface area contributed by atoms with E-state index in [1.165, 1.54) is 12.1 Å². The molecule has 2 aliphatic rings. The fourth-order valence-corrected chi connectivity index (χ4v) is 4.48. The van der Waals surface area contributed by atoms with E-state index >= 15 is 0 Å². The number of anilines is 1. The third-order valence-electron chi connectivity index (χ3n) is 4.37. The van der Waals surface area contributed by atoms with Crippen LogP contribution in [0.25, 0.3) is 0 Å². The van der Waals surface area contributed by atoms with E-state index in [1.807, 2.05) is 0 Å². The van der Waals surface area contributed by atoms with Crippen LogP contribution >= 0.6 is 0 Å². The number of carbonyl (C=O) groups excluding carboxylic acids is 2. The molecule has 24 heavy (non-hydrogen) atoms. The minimum atomic E-state index is -3.64. The average Bonchev–Trinajstić information content (AvgIpc) is 2.87. The van der Waals surface area contributed by atoms with Crippen LogP contribution in [0.1, 0.15) is 29.6 Å². The minimum Gasteiger partial charge on any atom is -0.339 e. The highest BCUT2D eigenvalue weighted by atomic mass is 32.2. The van der Waals surface area contributed by atoms with Gasteiger partial charge in [0.25, 0.3) is 5.91 Å². The molecular formula is C16H17N3O4S. The molecule has 2 heterocycles. The summed E-state index contributed by atoms with van der Waals surface area (Å²) < 4.78 is 24.8. The van der Waals surface area contributed by atoms with E-state index in [1.54, 1.807) is 17.0 Å². The van der Waals surface area contributed by atoms with Crippen molar-refractivity contribution in [2.75, 3.05) is 23.1 Å². The second-order valence-corrected chi connectivity index (χ2v) is 7.91. The van der Waals surface area contributed by atoms with Gasteiger partial charge in [-0.2, -0.15) is 5.26 Å². The predicted molar refractivity (Wildman–Crippen MR) is 86.6 cm³/mol. The van der Waals surface area contributed by atoms with Crippen molar-refractivity contribution in [3.05, 3.63) is 29.8 Å². The fraction of sp³-hybridized carbons (Fsp3) is 0.438. The lowest BCUT2D eigenvalue weighted by molar-refractivity contribution is -0.116. The highest BCUT2D eigenvalue weighted by Crippen LogP contribution is 2.27. The number of sulfonamides is 1. The zero-order chi connectivity index (χ0) is 17.3. The van der Waals surface area contributed by atoms with E-state index in [2.05, 4.69) is 6.07 Å². The van der Waals surface area contributed by atoms with Gasteiger partial charge in [-0.1, -0.05) is 6.07 Å². The molecule has 0 unspecified atom stereocenters. The molecule has 2 aliphatic heterocycles. The van der Waals surface area contributed by atoms with Crippen molar-refractivity contribution >= 4 is 27.5 Å². The Kier molecular flexibility index (Phi) is 4.28. The first kappa shape index (κ1) is 16.5. The van der Waals surface area contributed by atoms with Crippen molar-refractivity contribution in [1.29, 1.82) is 5.26 Å². The number of piperidine rings is 1. The van der Waals surface area contributed by atoms with Gasteiger partial charge < -0.3 is 4.90 Å².